The van der Waals surface area contributed by atoms with E-state index in [-0.39, 0.29) is 22.5 Å². The number of aromatic nitrogens is 2. The summed E-state index contributed by atoms with van der Waals surface area (Å²) in [4.78, 5) is 49.5. The number of nitro benzene ring substituents is 2. The van der Waals surface area contributed by atoms with Crippen LogP contribution in [0.15, 0.2) is 108 Å². The Hall–Kier alpha value is -6.59. The second-order valence-electron chi connectivity index (χ2n) is 9.53. The van der Waals surface area contributed by atoms with E-state index in [9.17, 15) is 34.2 Å². The normalized spacial score (nSPS) is 10.1. The number of aromatic carboxylic acids is 2. The van der Waals surface area contributed by atoms with Gasteiger partial charge in [-0.1, -0.05) is 24.3 Å². The summed E-state index contributed by atoms with van der Waals surface area (Å²) in [6, 6.07) is 21.2. The predicted molar refractivity (Wildman–Crippen MR) is 183 cm³/mol. The van der Waals surface area contributed by atoms with Crippen LogP contribution < -0.4 is 11.1 Å². The largest absolute Gasteiger partial charge is 0.478 e. The fourth-order valence-corrected chi connectivity index (χ4v) is 5.27. The van der Waals surface area contributed by atoms with E-state index in [1.165, 1.54) is 23.5 Å². The molecule has 6 rings (SSSR count). The number of nitrogen functional groups attached to an aromatic ring is 1. The van der Waals surface area contributed by atoms with Gasteiger partial charge >= 0.3 is 17.6 Å². The smallest absolute Gasteiger partial charge is 0.335 e. The van der Waals surface area contributed by atoms with Gasteiger partial charge in [-0.15, -0.1) is 22.7 Å². The van der Waals surface area contributed by atoms with Gasteiger partial charge in [-0.3, -0.25) is 20.2 Å². The van der Waals surface area contributed by atoms with Gasteiger partial charge in [-0.2, -0.15) is 4.39 Å². The van der Waals surface area contributed by atoms with Crippen LogP contribution in [0.4, 0.5) is 32.8 Å². The monoisotopic (exact) mass is 702 g/mol. The minimum atomic E-state index is -1.33. The number of nitro groups is 2. The molecule has 248 valence electrons. The fourth-order valence-electron chi connectivity index (χ4n) is 4.00. The van der Waals surface area contributed by atoms with Crippen LogP contribution in [-0.4, -0.2) is 42.0 Å². The number of nitrogens with one attached hydrogen (secondary N) is 1. The summed E-state index contributed by atoms with van der Waals surface area (Å²) in [6.45, 7) is 0. The van der Waals surface area contributed by atoms with Crippen LogP contribution in [0, 0.1) is 26.0 Å². The number of benzene rings is 4. The molecule has 0 bridgehead atoms. The van der Waals surface area contributed by atoms with Gasteiger partial charge < -0.3 is 21.3 Å². The summed E-state index contributed by atoms with van der Waals surface area (Å²) in [5.74, 6) is -3.59. The van der Waals surface area contributed by atoms with Crippen LogP contribution in [0.25, 0.3) is 21.1 Å². The highest BCUT2D eigenvalue weighted by Crippen LogP contribution is 2.31. The topological polar surface area (TPSA) is 225 Å². The highest BCUT2D eigenvalue weighted by molar-refractivity contribution is 7.13. The first-order valence-electron chi connectivity index (χ1n) is 13.6. The lowest BCUT2D eigenvalue weighted by atomic mass is 10.1. The third-order valence-corrected chi connectivity index (χ3v) is 7.86. The molecule has 0 aliphatic rings. The zero-order valence-electron chi connectivity index (χ0n) is 24.8. The van der Waals surface area contributed by atoms with Gasteiger partial charge in [-0.05, 0) is 48.5 Å². The van der Waals surface area contributed by atoms with Crippen molar-refractivity contribution in [3.05, 3.63) is 145 Å². The van der Waals surface area contributed by atoms with E-state index in [4.69, 9.17) is 15.9 Å². The summed E-state index contributed by atoms with van der Waals surface area (Å²) < 4.78 is 12.6. The number of halogens is 1. The average Bonchev–Trinajstić information content (AvgIpc) is 3.81. The number of nitrogens with two attached hydrogens (primary N) is 1. The van der Waals surface area contributed by atoms with Crippen molar-refractivity contribution < 1.29 is 34.0 Å². The molecule has 0 aliphatic carbocycles. The fraction of sp³-hybridized carbons (Fsp3) is 0. The van der Waals surface area contributed by atoms with Crippen molar-refractivity contribution in [3.63, 3.8) is 0 Å². The van der Waals surface area contributed by atoms with E-state index in [2.05, 4.69) is 15.3 Å². The summed E-state index contributed by atoms with van der Waals surface area (Å²) in [7, 11) is 0. The van der Waals surface area contributed by atoms with E-state index < -0.39 is 33.3 Å². The molecule has 17 heteroatoms. The van der Waals surface area contributed by atoms with Crippen molar-refractivity contribution in [1.82, 2.24) is 9.97 Å². The zero-order valence-corrected chi connectivity index (χ0v) is 26.4. The van der Waals surface area contributed by atoms with Crippen molar-refractivity contribution >= 4 is 63.0 Å². The number of nitrogens with zero attached hydrogens (tertiary/aromatic N) is 4. The predicted octanol–water partition coefficient (Wildman–Crippen LogP) is 7.98. The van der Waals surface area contributed by atoms with Crippen LogP contribution >= 0.6 is 22.7 Å². The third kappa shape index (κ3) is 9.70. The number of carboxylic acid groups (broad SMARTS) is 2. The molecule has 0 fully saturated rings. The number of hydrogen-bond donors (Lipinski definition) is 4. The van der Waals surface area contributed by atoms with E-state index in [0.717, 1.165) is 45.0 Å². The van der Waals surface area contributed by atoms with Crippen LogP contribution in [0.2, 0.25) is 0 Å². The lowest BCUT2D eigenvalue weighted by molar-refractivity contribution is -0.387. The number of carboxylic acids is 2. The Kier molecular flexibility index (Phi) is 11.7. The molecule has 0 saturated carbocycles. The maximum atomic E-state index is 12.6. The molecule has 4 aromatic carbocycles. The number of anilines is 3. The first-order valence-corrected chi connectivity index (χ1v) is 15.4. The molecular formula is C32H23FN6O8S2. The van der Waals surface area contributed by atoms with Crippen LogP contribution in [0.5, 0.6) is 0 Å². The Balaban J connectivity index is 0.000000182. The molecule has 14 nitrogen and oxygen atoms in total. The molecule has 0 radical (unpaired) electrons. The average molecular weight is 703 g/mol. The van der Waals surface area contributed by atoms with Gasteiger partial charge in [0.1, 0.15) is 15.7 Å². The first kappa shape index (κ1) is 35.3. The Labute approximate surface area is 283 Å². The van der Waals surface area contributed by atoms with Crippen molar-refractivity contribution in [2.75, 3.05) is 11.1 Å². The lowest BCUT2D eigenvalue weighted by Gasteiger charge is -2.09. The van der Waals surface area contributed by atoms with Gasteiger partial charge in [0.15, 0.2) is 0 Å². The van der Waals surface area contributed by atoms with E-state index in [1.54, 1.807) is 29.8 Å². The Bertz CT molecular complexity index is 2110. The number of carbonyl (C=O) groups is 2. The Morgan fingerprint density at radius 1 is 0.735 bits per heavy atom. The van der Waals surface area contributed by atoms with Gasteiger partial charge in [0.2, 0.25) is 5.82 Å². The molecule has 2 heterocycles. The van der Waals surface area contributed by atoms with Crippen LogP contribution in [0.3, 0.4) is 0 Å². The van der Waals surface area contributed by atoms with Gasteiger partial charge in [0.05, 0.1) is 21.0 Å². The highest BCUT2D eigenvalue weighted by atomic mass is 32.1. The second-order valence-corrected chi connectivity index (χ2v) is 11.3. The third-order valence-electron chi connectivity index (χ3n) is 6.22. The van der Waals surface area contributed by atoms with Crippen LogP contribution in [-0.2, 0) is 0 Å². The lowest BCUT2D eigenvalue weighted by Crippen LogP contribution is -2.01. The van der Waals surface area contributed by atoms with Crippen molar-refractivity contribution in [2.24, 2.45) is 0 Å². The Morgan fingerprint density at radius 3 is 1.78 bits per heavy atom. The van der Waals surface area contributed by atoms with Crippen LogP contribution in [0.1, 0.15) is 20.7 Å². The molecule has 0 spiro atoms. The van der Waals surface area contributed by atoms with E-state index in [0.29, 0.717) is 11.8 Å². The SMILES string of the molecule is Nc1cccc(-c2nccs2)c1.O=C(O)c1ccc(F)c([N+](=O)[O-])c1.O=C(O)c1ccc(Nc2cccc(-c3nccs3)c2)c([N+](=O)[O-])c1. The zero-order chi connectivity index (χ0) is 35.5. The number of thiazole rings is 2. The molecular weight excluding hydrogens is 680 g/mol. The summed E-state index contributed by atoms with van der Waals surface area (Å²) in [6.07, 6.45) is 3.50. The minimum absolute atomic E-state index is 0.135. The Morgan fingerprint density at radius 2 is 1.27 bits per heavy atom. The quantitative estimate of drug-likeness (QED) is 0.0672. The minimum Gasteiger partial charge on any atom is -0.478 e. The molecule has 0 amide bonds. The molecule has 0 unspecified atom stereocenters. The molecule has 0 aliphatic heterocycles. The van der Waals surface area contributed by atoms with Gasteiger partial charge in [0, 0.05) is 57.8 Å². The number of hydrogen-bond acceptors (Lipinski definition) is 12. The molecule has 0 atom stereocenters. The van der Waals surface area contributed by atoms with Gasteiger partial charge in [0.25, 0.3) is 5.69 Å². The molecule has 6 aromatic rings. The molecule has 2 aromatic heterocycles. The van der Waals surface area contributed by atoms with Gasteiger partial charge in [-0.25, -0.2) is 19.6 Å². The summed E-state index contributed by atoms with van der Waals surface area (Å²) in [5, 5.41) is 47.4. The first-order chi connectivity index (χ1) is 23.4. The van der Waals surface area contributed by atoms with Crippen molar-refractivity contribution in [2.45, 2.75) is 0 Å². The maximum Gasteiger partial charge on any atom is 0.335 e. The number of rotatable bonds is 8. The molecule has 49 heavy (non-hydrogen) atoms. The second kappa shape index (κ2) is 16.3. The van der Waals surface area contributed by atoms with E-state index >= 15 is 0 Å². The maximum absolute atomic E-state index is 12.6. The molecule has 5 N–H and O–H groups in total. The molecule has 0 saturated heterocycles. The standard InChI is InChI=1S/C16H11N3O4S.C9H8N2S.C7H4FNO4/c20-16(21)11-4-5-13(14(9-11)19(22)23)18-12-3-1-2-10(8-12)15-17-6-7-24-15;10-8-3-1-2-7(6-8)9-11-4-5-12-9;8-5-2-1-4(7(10)11)3-6(5)9(12)13/h1-9,18H,(H,20,21);1-6H,10H2;1-3H,(H,10,11). The van der Waals surface area contributed by atoms with Crippen molar-refractivity contribution in [3.8, 4) is 21.1 Å². The summed E-state index contributed by atoms with van der Waals surface area (Å²) in [5.41, 5.74) is 7.69. The highest BCUT2D eigenvalue weighted by Gasteiger charge is 2.18. The van der Waals surface area contributed by atoms with Crippen molar-refractivity contribution in [1.29, 1.82) is 0 Å². The summed E-state index contributed by atoms with van der Waals surface area (Å²) >= 11 is 3.11. The van der Waals surface area contributed by atoms with E-state index in [1.807, 2.05) is 53.2 Å².